The molecule has 1 atom stereocenters. The Hall–Kier alpha value is -3.34. The molecule has 2 aliphatic rings. The van der Waals surface area contributed by atoms with Crippen LogP contribution in [-0.2, 0) is 4.79 Å². The van der Waals surface area contributed by atoms with Crippen molar-refractivity contribution in [3.8, 4) is 5.69 Å². The molecule has 35 heavy (non-hydrogen) atoms. The Morgan fingerprint density at radius 1 is 1.00 bits per heavy atom. The van der Waals surface area contributed by atoms with Gasteiger partial charge in [-0.2, -0.15) is 5.10 Å². The van der Waals surface area contributed by atoms with E-state index in [1.165, 1.54) is 11.3 Å². The zero-order chi connectivity index (χ0) is 24.9. The fourth-order valence-corrected chi connectivity index (χ4v) is 5.75. The summed E-state index contributed by atoms with van der Waals surface area (Å²) < 4.78 is 2.01. The lowest BCUT2D eigenvalue weighted by atomic mass is 9.69. The second-order valence-electron chi connectivity index (χ2n) is 10.8. The lowest BCUT2D eigenvalue weighted by Gasteiger charge is -2.38. The van der Waals surface area contributed by atoms with Gasteiger partial charge < -0.3 is 10.2 Å². The highest BCUT2D eigenvalue weighted by Gasteiger charge is 2.43. The molecular formula is C30H36N4O. The second kappa shape index (κ2) is 8.71. The van der Waals surface area contributed by atoms with Gasteiger partial charge in [-0.25, -0.2) is 4.68 Å². The Kier molecular flexibility index (Phi) is 5.82. The van der Waals surface area contributed by atoms with Crippen LogP contribution in [0.25, 0.3) is 5.69 Å². The van der Waals surface area contributed by atoms with Crippen molar-refractivity contribution in [1.29, 1.82) is 0 Å². The Balaban J connectivity index is 1.68. The molecule has 0 saturated heterocycles. The Morgan fingerprint density at radius 3 is 2.29 bits per heavy atom. The number of benzene rings is 2. The molecule has 2 aromatic carbocycles. The van der Waals surface area contributed by atoms with E-state index in [0.717, 1.165) is 59.1 Å². The number of rotatable bonds is 5. The standard InChI is InChI=1S/C30H36N4O/c1-7-33(8-2)22-15-11-21(12-16-22)27-26-20(4)32-34(23-13-9-19(3)10-14-23)29(26)31-24-17-30(5,6)18-25(35)28(24)27/h9-16,27,31H,7-8,17-18H2,1-6H3/t27-/m0/s1. The molecule has 5 nitrogen and oxygen atoms in total. The fraction of sp³-hybridized carbons (Fsp3) is 0.400. The van der Waals surface area contributed by atoms with Gasteiger partial charge >= 0.3 is 0 Å². The quantitative estimate of drug-likeness (QED) is 0.462. The van der Waals surface area contributed by atoms with Crippen LogP contribution < -0.4 is 10.2 Å². The molecule has 3 aromatic rings. The topological polar surface area (TPSA) is 50.2 Å². The van der Waals surface area contributed by atoms with E-state index in [4.69, 9.17) is 5.10 Å². The van der Waals surface area contributed by atoms with Crippen LogP contribution in [0.1, 0.15) is 68.8 Å². The van der Waals surface area contributed by atoms with Gasteiger partial charge in [0.1, 0.15) is 5.82 Å². The molecule has 2 heterocycles. The number of Topliss-reactive ketones (excluding diaryl/α,β-unsaturated/α-hetero) is 1. The first-order valence-electron chi connectivity index (χ1n) is 12.8. The summed E-state index contributed by atoms with van der Waals surface area (Å²) in [6.07, 6.45) is 1.42. The Morgan fingerprint density at radius 2 is 1.66 bits per heavy atom. The molecule has 0 saturated carbocycles. The molecule has 0 bridgehead atoms. The summed E-state index contributed by atoms with van der Waals surface area (Å²) in [5, 5.41) is 8.65. The van der Waals surface area contributed by atoms with Crippen LogP contribution in [0.3, 0.4) is 0 Å². The minimum absolute atomic E-state index is 0.0681. The number of carbonyl (C=O) groups excluding carboxylic acids is 1. The number of aryl methyl sites for hydroxylation is 2. The van der Waals surface area contributed by atoms with Gasteiger partial charge in [0.2, 0.25) is 0 Å². The molecule has 0 amide bonds. The van der Waals surface area contributed by atoms with Crippen LogP contribution in [0.4, 0.5) is 11.5 Å². The molecule has 0 unspecified atom stereocenters. The zero-order valence-electron chi connectivity index (χ0n) is 21.8. The molecule has 0 radical (unpaired) electrons. The van der Waals surface area contributed by atoms with Crippen molar-refractivity contribution in [3.05, 3.63) is 82.2 Å². The van der Waals surface area contributed by atoms with Crippen molar-refractivity contribution in [3.63, 3.8) is 0 Å². The highest BCUT2D eigenvalue weighted by Crippen LogP contribution is 2.50. The molecule has 1 aromatic heterocycles. The monoisotopic (exact) mass is 468 g/mol. The normalized spacial score (nSPS) is 18.7. The molecule has 1 aliphatic heterocycles. The SMILES string of the molecule is CCN(CC)c1ccc([C@@H]2C3=C(CC(C)(C)CC3=O)Nc3c2c(C)nn3-c2ccc(C)cc2)cc1. The van der Waals surface area contributed by atoms with E-state index in [1.807, 2.05) is 4.68 Å². The first-order valence-corrected chi connectivity index (χ1v) is 12.8. The summed E-state index contributed by atoms with van der Waals surface area (Å²) in [6.45, 7) is 14.8. The summed E-state index contributed by atoms with van der Waals surface area (Å²) in [6, 6.07) is 17.2. The van der Waals surface area contributed by atoms with Crippen LogP contribution in [0.15, 0.2) is 59.8 Å². The molecular weight excluding hydrogens is 432 g/mol. The average molecular weight is 469 g/mol. The lowest BCUT2D eigenvalue weighted by Crippen LogP contribution is -2.34. The van der Waals surface area contributed by atoms with Crippen LogP contribution >= 0.6 is 0 Å². The molecule has 0 spiro atoms. The third kappa shape index (κ3) is 4.07. The second-order valence-corrected chi connectivity index (χ2v) is 10.8. The molecule has 182 valence electrons. The van der Waals surface area contributed by atoms with Gasteiger partial charge in [0.15, 0.2) is 5.78 Å². The fourth-order valence-electron chi connectivity index (χ4n) is 5.75. The summed E-state index contributed by atoms with van der Waals surface area (Å²) in [5.74, 6) is 1.11. The summed E-state index contributed by atoms with van der Waals surface area (Å²) >= 11 is 0. The van der Waals surface area contributed by atoms with Gasteiger partial charge in [0.05, 0.1) is 11.4 Å². The number of aromatic nitrogens is 2. The van der Waals surface area contributed by atoms with Crippen molar-refractivity contribution in [2.45, 2.75) is 60.3 Å². The number of allylic oxidation sites excluding steroid dienone is 2. The smallest absolute Gasteiger partial charge is 0.162 e. The Bertz CT molecular complexity index is 1290. The molecule has 1 aliphatic carbocycles. The number of ketones is 1. The first kappa shape index (κ1) is 23.4. The van der Waals surface area contributed by atoms with E-state index in [1.54, 1.807) is 0 Å². The summed E-state index contributed by atoms with van der Waals surface area (Å²) in [5.41, 5.74) is 8.55. The number of hydrogen-bond acceptors (Lipinski definition) is 4. The molecule has 1 N–H and O–H groups in total. The van der Waals surface area contributed by atoms with Crippen molar-refractivity contribution in [2.75, 3.05) is 23.3 Å². The van der Waals surface area contributed by atoms with E-state index in [-0.39, 0.29) is 17.1 Å². The van der Waals surface area contributed by atoms with Crippen LogP contribution in [0, 0.1) is 19.3 Å². The van der Waals surface area contributed by atoms with E-state index in [2.05, 4.69) is 100 Å². The lowest BCUT2D eigenvalue weighted by molar-refractivity contribution is -0.118. The minimum Gasteiger partial charge on any atom is -0.372 e. The number of hydrogen-bond donors (Lipinski definition) is 1. The number of nitrogens with one attached hydrogen (secondary N) is 1. The maximum absolute atomic E-state index is 13.6. The van der Waals surface area contributed by atoms with Gasteiger partial charge in [-0.1, -0.05) is 43.7 Å². The van der Waals surface area contributed by atoms with Gasteiger partial charge in [-0.15, -0.1) is 0 Å². The predicted octanol–water partition coefficient (Wildman–Crippen LogP) is 6.54. The van der Waals surface area contributed by atoms with Gasteiger partial charge in [-0.3, -0.25) is 4.79 Å². The summed E-state index contributed by atoms with van der Waals surface area (Å²) in [4.78, 5) is 15.9. The van der Waals surface area contributed by atoms with E-state index < -0.39 is 0 Å². The first-order chi connectivity index (χ1) is 16.7. The van der Waals surface area contributed by atoms with Crippen LogP contribution in [-0.4, -0.2) is 28.7 Å². The van der Waals surface area contributed by atoms with E-state index in [9.17, 15) is 4.79 Å². The number of anilines is 2. The third-order valence-corrected chi connectivity index (χ3v) is 7.51. The maximum atomic E-state index is 13.6. The Labute approximate surface area is 208 Å². The molecule has 0 fully saturated rings. The number of fused-ring (bicyclic) bond motifs is 1. The predicted molar refractivity (Wildman–Crippen MR) is 144 cm³/mol. The van der Waals surface area contributed by atoms with Crippen LogP contribution in [0.5, 0.6) is 0 Å². The van der Waals surface area contributed by atoms with Crippen molar-refractivity contribution >= 4 is 17.3 Å². The van der Waals surface area contributed by atoms with Gasteiger partial charge in [0, 0.05) is 47.9 Å². The van der Waals surface area contributed by atoms with E-state index >= 15 is 0 Å². The highest BCUT2D eigenvalue weighted by molar-refractivity contribution is 6.01. The highest BCUT2D eigenvalue weighted by atomic mass is 16.1. The van der Waals surface area contributed by atoms with Gasteiger partial charge in [-0.05, 0) is 69.4 Å². The largest absolute Gasteiger partial charge is 0.372 e. The van der Waals surface area contributed by atoms with Crippen LogP contribution in [0.2, 0.25) is 0 Å². The molecule has 5 heteroatoms. The van der Waals surface area contributed by atoms with Crippen molar-refractivity contribution in [2.24, 2.45) is 5.41 Å². The third-order valence-electron chi connectivity index (χ3n) is 7.51. The van der Waals surface area contributed by atoms with Crippen molar-refractivity contribution in [1.82, 2.24) is 9.78 Å². The van der Waals surface area contributed by atoms with Crippen molar-refractivity contribution < 1.29 is 4.79 Å². The number of nitrogens with zero attached hydrogens (tertiary/aromatic N) is 3. The summed E-state index contributed by atoms with van der Waals surface area (Å²) in [7, 11) is 0. The number of carbonyl (C=O) groups is 1. The zero-order valence-corrected chi connectivity index (χ0v) is 21.8. The van der Waals surface area contributed by atoms with Gasteiger partial charge in [0.25, 0.3) is 0 Å². The maximum Gasteiger partial charge on any atom is 0.162 e. The minimum atomic E-state index is -0.116. The molecule has 5 rings (SSSR count). The van der Waals surface area contributed by atoms with E-state index in [0.29, 0.717) is 6.42 Å². The average Bonchev–Trinajstić information content (AvgIpc) is 3.14.